The number of rotatable bonds is 6. The number of halogens is 1. The number of aldehydes is 1. The van der Waals surface area contributed by atoms with E-state index in [1.54, 1.807) is 39.3 Å². The Hall–Kier alpha value is -2.68. The van der Waals surface area contributed by atoms with Gasteiger partial charge in [-0.25, -0.2) is 9.78 Å². The molecule has 0 fully saturated rings. The van der Waals surface area contributed by atoms with Crippen LogP contribution in [0.1, 0.15) is 38.2 Å². The Bertz CT molecular complexity index is 1050. The van der Waals surface area contributed by atoms with Crippen molar-refractivity contribution in [2.75, 3.05) is 31.8 Å². The van der Waals surface area contributed by atoms with E-state index in [-0.39, 0.29) is 0 Å². The number of thiophene rings is 1. The number of aryl methyl sites for hydroxylation is 1. The number of pyridine rings is 1. The van der Waals surface area contributed by atoms with Crippen LogP contribution in [0.4, 0.5) is 11.4 Å². The maximum absolute atomic E-state index is 11.4. The molecule has 0 unspecified atom stereocenters. The number of benzene rings is 1. The number of methoxy groups -OCH3 is 1. The van der Waals surface area contributed by atoms with Crippen molar-refractivity contribution in [1.29, 1.82) is 0 Å². The van der Waals surface area contributed by atoms with E-state index in [4.69, 9.17) is 26.8 Å². The molecule has 1 aromatic carbocycles. The molecule has 160 valence electrons. The van der Waals surface area contributed by atoms with E-state index >= 15 is 0 Å². The normalized spacial score (nSPS) is 10.3. The summed E-state index contributed by atoms with van der Waals surface area (Å²) in [6.45, 7) is 4.49. The summed E-state index contributed by atoms with van der Waals surface area (Å²) in [6, 6.07) is 7.06. The minimum atomic E-state index is -0.394. The molecule has 0 saturated carbocycles. The molecule has 0 spiro atoms. The molecule has 0 aliphatic carbocycles. The SMILES string of the molecule is CCOC(=O)c1cc(NC)ccc1Cl.COCc1cc(C)nc2sc(C=O)c(N)c12. The third-order valence-electron chi connectivity index (χ3n) is 4.09. The number of ether oxygens (including phenoxy) is 2. The molecular weight excluding hydrogens is 426 g/mol. The molecule has 0 aliphatic rings. The molecule has 9 heteroatoms. The second kappa shape index (κ2) is 10.9. The zero-order valence-electron chi connectivity index (χ0n) is 17.2. The van der Waals surface area contributed by atoms with Gasteiger partial charge >= 0.3 is 5.97 Å². The van der Waals surface area contributed by atoms with Crippen molar-refractivity contribution in [3.8, 4) is 0 Å². The summed E-state index contributed by atoms with van der Waals surface area (Å²) in [7, 11) is 3.41. The van der Waals surface area contributed by atoms with Gasteiger partial charge < -0.3 is 20.5 Å². The van der Waals surface area contributed by atoms with Crippen LogP contribution in [-0.2, 0) is 16.1 Å². The molecule has 0 aliphatic heterocycles. The molecule has 3 N–H and O–H groups in total. The lowest BCUT2D eigenvalue weighted by molar-refractivity contribution is 0.0526. The fourth-order valence-electron chi connectivity index (χ4n) is 2.76. The average molecular weight is 450 g/mol. The van der Waals surface area contributed by atoms with Gasteiger partial charge in [-0.1, -0.05) is 11.6 Å². The molecule has 30 heavy (non-hydrogen) atoms. The largest absolute Gasteiger partial charge is 0.462 e. The number of aromatic nitrogens is 1. The van der Waals surface area contributed by atoms with Crippen molar-refractivity contribution in [2.24, 2.45) is 0 Å². The Morgan fingerprint density at radius 1 is 1.37 bits per heavy atom. The summed E-state index contributed by atoms with van der Waals surface area (Å²) in [5.74, 6) is -0.394. The van der Waals surface area contributed by atoms with Crippen LogP contribution in [0.25, 0.3) is 10.2 Å². The fraction of sp³-hybridized carbons (Fsp3) is 0.286. The Kier molecular flexibility index (Phi) is 8.58. The van der Waals surface area contributed by atoms with Gasteiger partial charge in [-0.3, -0.25) is 4.79 Å². The third kappa shape index (κ3) is 5.47. The van der Waals surface area contributed by atoms with E-state index in [0.29, 0.717) is 34.4 Å². The molecule has 0 saturated heterocycles. The van der Waals surface area contributed by atoms with Crippen molar-refractivity contribution < 1.29 is 19.1 Å². The number of anilines is 2. The zero-order valence-corrected chi connectivity index (χ0v) is 18.8. The first-order chi connectivity index (χ1) is 14.4. The minimum Gasteiger partial charge on any atom is -0.462 e. The van der Waals surface area contributed by atoms with E-state index in [2.05, 4.69) is 10.3 Å². The molecule has 2 heterocycles. The third-order valence-corrected chi connectivity index (χ3v) is 5.45. The Balaban J connectivity index is 0.000000216. The molecule has 3 rings (SSSR count). The maximum atomic E-state index is 11.4. The van der Waals surface area contributed by atoms with Crippen LogP contribution in [-0.4, -0.2) is 38.0 Å². The molecule has 3 aromatic rings. The molecule has 2 aromatic heterocycles. The van der Waals surface area contributed by atoms with Crippen molar-refractivity contribution in [1.82, 2.24) is 4.98 Å². The molecule has 0 radical (unpaired) electrons. The predicted molar refractivity (Wildman–Crippen MR) is 122 cm³/mol. The van der Waals surface area contributed by atoms with Gasteiger partial charge in [0.2, 0.25) is 0 Å². The monoisotopic (exact) mass is 449 g/mol. The lowest BCUT2D eigenvalue weighted by Crippen LogP contribution is -2.05. The van der Waals surface area contributed by atoms with Crippen LogP contribution in [0.2, 0.25) is 5.02 Å². The Morgan fingerprint density at radius 3 is 2.70 bits per heavy atom. The van der Waals surface area contributed by atoms with Gasteiger partial charge in [0.15, 0.2) is 6.29 Å². The number of hydrogen-bond donors (Lipinski definition) is 2. The summed E-state index contributed by atoms with van der Waals surface area (Å²) < 4.78 is 9.98. The van der Waals surface area contributed by atoms with Crippen LogP contribution >= 0.6 is 22.9 Å². The van der Waals surface area contributed by atoms with Crippen molar-refractivity contribution >= 4 is 56.8 Å². The van der Waals surface area contributed by atoms with Crippen LogP contribution < -0.4 is 11.1 Å². The van der Waals surface area contributed by atoms with Gasteiger partial charge in [0, 0.05) is 30.9 Å². The van der Waals surface area contributed by atoms with E-state index in [9.17, 15) is 9.59 Å². The van der Waals surface area contributed by atoms with Crippen LogP contribution in [0.15, 0.2) is 24.3 Å². The number of fused-ring (bicyclic) bond motifs is 1. The predicted octanol–water partition coefficient (Wildman–Crippen LogP) is 4.70. The summed E-state index contributed by atoms with van der Waals surface area (Å²) in [5, 5.41) is 4.18. The number of nitrogens with zero attached hydrogens (tertiary/aromatic N) is 1. The second-order valence-electron chi connectivity index (χ2n) is 6.20. The topological polar surface area (TPSA) is 104 Å². The molecular formula is C21H24ClN3O4S. The highest BCUT2D eigenvalue weighted by Crippen LogP contribution is 2.34. The first-order valence-corrected chi connectivity index (χ1v) is 10.3. The Labute approximate surface area is 184 Å². The van der Waals surface area contributed by atoms with E-state index < -0.39 is 5.97 Å². The molecule has 0 amide bonds. The summed E-state index contributed by atoms with van der Waals surface area (Å²) in [6.07, 6.45) is 0.771. The number of esters is 1. The summed E-state index contributed by atoms with van der Waals surface area (Å²) >= 11 is 7.17. The fourth-order valence-corrected chi connectivity index (χ4v) is 3.95. The molecule has 0 bridgehead atoms. The minimum absolute atomic E-state index is 0.346. The van der Waals surface area contributed by atoms with Gasteiger partial charge in [0.05, 0.1) is 34.4 Å². The van der Waals surface area contributed by atoms with Crippen LogP contribution in [0.3, 0.4) is 0 Å². The smallest absolute Gasteiger partial charge is 0.339 e. The van der Waals surface area contributed by atoms with Crippen molar-refractivity contribution in [3.05, 3.63) is 51.0 Å². The van der Waals surface area contributed by atoms with Crippen LogP contribution in [0.5, 0.6) is 0 Å². The highest BCUT2D eigenvalue weighted by Gasteiger charge is 2.14. The number of nitrogen functional groups attached to an aromatic ring is 1. The molecule has 7 nitrogen and oxygen atoms in total. The summed E-state index contributed by atoms with van der Waals surface area (Å²) in [5.41, 5.74) is 9.52. The quantitative estimate of drug-likeness (QED) is 0.415. The number of carbonyl (C=O) groups is 2. The van der Waals surface area contributed by atoms with E-state index in [1.165, 1.54) is 11.3 Å². The summed E-state index contributed by atoms with van der Waals surface area (Å²) in [4.78, 5) is 27.9. The highest BCUT2D eigenvalue weighted by atomic mass is 35.5. The van der Waals surface area contributed by atoms with Crippen molar-refractivity contribution in [3.63, 3.8) is 0 Å². The second-order valence-corrected chi connectivity index (χ2v) is 7.64. The van der Waals surface area contributed by atoms with Crippen LogP contribution in [0, 0.1) is 6.92 Å². The van der Waals surface area contributed by atoms with Gasteiger partial charge in [0.25, 0.3) is 0 Å². The van der Waals surface area contributed by atoms with E-state index in [1.807, 2.05) is 13.0 Å². The Morgan fingerprint density at radius 2 is 2.10 bits per heavy atom. The lowest BCUT2D eigenvalue weighted by atomic mass is 10.1. The number of nitrogens with one attached hydrogen (secondary N) is 1. The maximum Gasteiger partial charge on any atom is 0.339 e. The standard InChI is InChI=1S/C11H12N2O2S.C10H12ClNO2/c1-6-3-7(5-15-2)9-10(12)8(4-14)16-11(9)13-6;1-3-14-10(13)8-6-7(12-2)4-5-9(8)11/h3-4H,5,12H2,1-2H3;4-6,12H,3H2,1-2H3. The lowest BCUT2D eigenvalue weighted by Gasteiger charge is -2.06. The number of hydrogen-bond acceptors (Lipinski definition) is 8. The molecule has 0 atom stereocenters. The number of nitrogens with two attached hydrogens (primary N) is 1. The average Bonchev–Trinajstić information content (AvgIpc) is 3.04. The highest BCUT2D eigenvalue weighted by molar-refractivity contribution is 7.20. The van der Waals surface area contributed by atoms with Crippen molar-refractivity contribution in [2.45, 2.75) is 20.5 Å². The van der Waals surface area contributed by atoms with E-state index in [0.717, 1.165) is 33.4 Å². The van der Waals surface area contributed by atoms with Gasteiger partial charge in [-0.2, -0.15) is 0 Å². The zero-order chi connectivity index (χ0) is 22.3. The van der Waals surface area contributed by atoms with Gasteiger partial charge in [0.1, 0.15) is 4.83 Å². The number of carbonyl (C=O) groups excluding carboxylic acids is 2. The first-order valence-electron chi connectivity index (χ1n) is 9.13. The van der Waals surface area contributed by atoms with Gasteiger partial charge in [-0.05, 0) is 43.7 Å². The van der Waals surface area contributed by atoms with Gasteiger partial charge in [-0.15, -0.1) is 11.3 Å². The first kappa shape index (κ1) is 23.6.